The molecule has 0 aromatic rings. The van der Waals surface area contributed by atoms with Crippen LogP contribution in [0, 0.1) is 40.4 Å². The molecule has 8 atom stereocenters. The molecule has 4 aliphatic rings. The van der Waals surface area contributed by atoms with E-state index in [4.69, 9.17) is 0 Å². The fourth-order valence-electron chi connectivity index (χ4n) is 8.22. The van der Waals surface area contributed by atoms with Gasteiger partial charge in [-0.2, -0.15) is 0 Å². The first-order valence-electron chi connectivity index (χ1n) is 11.3. The lowest BCUT2D eigenvalue weighted by molar-refractivity contribution is -0.0571. The molecule has 3 fully saturated rings. The number of halogens is 1. The third-order valence-electron chi connectivity index (χ3n) is 9.63. The molecule has 0 bridgehead atoms. The Kier molecular flexibility index (Phi) is 5.41. The van der Waals surface area contributed by atoms with Crippen LogP contribution in [0.5, 0.6) is 0 Å². The maximum atomic E-state index is 10.2. The standard InChI is InChI=1S/C24H39BrO/c1-16(5-4-14-25)20-8-9-21-19-7-6-17-15-18(26)10-12-23(17,2)22(19)11-13-24(20,21)3/h6,16,18-22,26H,4-5,7-15H2,1-3H3/t16-,18+,19+,20-,21+,22+,23+,24-/m1/s1. The van der Waals surface area contributed by atoms with E-state index in [1.165, 1.54) is 51.4 Å². The van der Waals surface area contributed by atoms with Crippen molar-refractivity contribution in [2.24, 2.45) is 40.4 Å². The minimum Gasteiger partial charge on any atom is -0.393 e. The Morgan fingerprint density at radius 1 is 1.15 bits per heavy atom. The summed E-state index contributed by atoms with van der Waals surface area (Å²) in [7, 11) is 0. The van der Waals surface area contributed by atoms with Crippen LogP contribution >= 0.6 is 15.9 Å². The highest BCUT2D eigenvalue weighted by Crippen LogP contribution is 2.67. The van der Waals surface area contributed by atoms with Crippen molar-refractivity contribution in [1.82, 2.24) is 0 Å². The fourth-order valence-corrected chi connectivity index (χ4v) is 8.54. The molecule has 1 N–H and O–H groups in total. The second-order valence-corrected chi connectivity index (χ2v) is 11.5. The van der Waals surface area contributed by atoms with Crippen molar-refractivity contribution in [3.05, 3.63) is 11.6 Å². The highest BCUT2D eigenvalue weighted by Gasteiger charge is 2.58. The van der Waals surface area contributed by atoms with E-state index < -0.39 is 0 Å². The molecule has 0 amide bonds. The van der Waals surface area contributed by atoms with Crippen LogP contribution in [-0.2, 0) is 0 Å². The van der Waals surface area contributed by atoms with E-state index in [1.54, 1.807) is 5.57 Å². The summed E-state index contributed by atoms with van der Waals surface area (Å²) < 4.78 is 0. The molecule has 148 valence electrons. The van der Waals surface area contributed by atoms with E-state index in [1.807, 2.05) is 0 Å². The number of aliphatic hydroxyl groups excluding tert-OH is 1. The minimum absolute atomic E-state index is 0.0779. The summed E-state index contributed by atoms with van der Waals surface area (Å²) >= 11 is 3.63. The summed E-state index contributed by atoms with van der Waals surface area (Å²) in [5.41, 5.74) is 2.59. The van der Waals surface area contributed by atoms with Gasteiger partial charge in [-0.25, -0.2) is 0 Å². The van der Waals surface area contributed by atoms with Gasteiger partial charge in [0, 0.05) is 5.33 Å². The maximum Gasteiger partial charge on any atom is 0.0577 e. The fraction of sp³-hybridized carbons (Fsp3) is 0.917. The van der Waals surface area contributed by atoms with Gasteiger partial charge in [0.25, 0.3) is 0 Å². The van der Waals surface area contributed by atoms with Crippen molar-refractivity contribution in [2.75, 3.05) is 5.33 Å². The van der Waals surface area contributed by atoms with Gasteiger partial charge in [0.05, 0.1) is 6.10 Å². The van der Waals surface area contributed by atoms with Crippen LogP contribution in [0.1, 0.15) is 85.0 Å². The highest BCUT2D eigenvalue weighted by molar-refractivity contribution is 9.09. The van der Waals surface area contributed by atoms with E-state index in [2.05, 4.69) is 42.8 Å². The second kappa shape index (κ2) is 7.21. The smallest absolute Gasteiger partial charge is 0.0577 e. The molecular weight excluding hydrogens is 384 g/mol. The molecule has 0 heterocycles. The minimum atomic E-state index is -0.0779. The van der Waals surface area contributed by atoms with Crippen molar-refractivity contribution >= 4 is 15.9 Å². The van der Waals surface area contributed by atoms with Crippen LogP contribution < -0.4 is 0 Å². The van der Waals surface area contributed by atoms with Crippen LogP contribution in [0.15, 0.2) is 11.6 Å². The average Bonchev–Trinajstić information content (AvgIpc) is 2.97. The van der Waals surface area contributed by atoms with Crippen molar-refractivity contribution in [3.8, 4) is 0 Å². The van der Waals surface area contributed by atoms with E-state index in [0.29, 0.717) is 10.8 Å². The summed E-state index contributed by atoms with van der Waals surface area (Å²) in [5, 5.41) is 11.3. The molecular formula is C24H39BrO. The number of fused-ring (bicyclic) bond motifs is 5. The van der Waals surface area contributed by atoms with Gasteiger partial charge >= 0.3 is 0 Å². The molecule has 0 radical (unpaired) electrons. The van der Waals surface area contributed by atoms with Crippen molar-refractivity contribution in [3.63, 3.8) is 0 Å². The summed E-state index contributed by atoms with van der Waals surface area (Å²) in [5.74, 6) is 4.56. The first-order valence-corrected chi connectivity index (χ1v) is 12.5. The number of hydrogen-bond acceptors (Lipinski definition) is 1. The van der Waals surface area contributed by atoms with Crippen LogP contribution in [0.4, 0.5) is 0 Å². The molecule has 1 nitrogen and oxygen atoms in total. The second-order valence-electron chi connectivity index (χ2n) is 10.7. The molecule has 0 aromatic heterocycles. The molecule has 4 rings (SSSR count). The molecule has 2 heteroatoms. The molecule has 0 saturated heterocycles. The Labute approximate surface area is 169 Å². The number of rotatable bonds is 4. The quantitative estimate of drug-likeness (QED) is 0.392. The van der Waals surface area contributed by atoms with E-state index in [-0.39, 0.29) is 6.10 Å². The Balaban J connectivity index is 1.56. The summed E-state index contributed by atoms with van der Waals surface area (Å²) in [6.07, 6.45) is 15.5. The Morgan fingerprint density at radius 3 is 2.73 bits per heavy atom. The SMILES string of the molecule is C[C@H](CCCBr)[C@H]1CC[C@H]2[C@@H]3CC=C4C[C@@H](O)CC[C@]4(C)[C@H]3CC[C@]12C. The van der Waals surface area contributed by atoms with Gasteiger partial charge in [0.15, 0.2) is 0 Å². The molecule has 0 aliphatic heterocycles. The third-order valence-corrected chi connectivity index (χ3v) is 10.2. The molecule has 3 saturated carbocycles. The summed E-state index contributed by atoms with van der Waals surface area (Å²) in [6.45, 7) is 7.76. The number of allylic oxidation sites excluding steroid dienone is 1. The zero-order valence-corrected chi connectivity index (χ0v) is 18.7. The first-order chi connectivity index (χ1) is 12.4. The van der Waals surface area contributed by atoms with Gasteiger partial charge in [-0.05, 0) is 105 Å². The summed E-state index contributed by atoms with van der Waals surface area (Å²) in [6, 6.07) is 0. The van der Waals surface area contributed by atoms with Crippen molar-refractivity contribution < 1.29 is 5.11 Å². The largest absolute Gasteiger partial charge is 0.393 e. The topological polar surface area (TPSA) is 20.2 Å². The summed E-state index contributed by atoms with van der Waals surface area (Å²) in [4.78, 5) is 0. The lowest BCUT2D eigenvalue weighted by atomic mass is 9.47. The normalized spacial score (nSPS) is 49.0. The molecule has 0 spiro atoms. The predicted octanol–water partition coefficient (Wildman–Crippen LogP) is 6.74. The van der Waals surface area contributed by atoms with Gasteiger partial charge in [0.2, 0.25) is 0 Å². The number of aliphatic hydroxyl groups is 1. The highest BCUT2D eigenvalue weighted by atomic mass is 79.9. The van der Waals surface area contributed by atoms with Gasteiger partial charge < -0.3 is 5.11 Å². The molecule has 4 aliphatic carbocycles. The zero-order chi connectivity index (χ0) is 18.5. The molecule has 0 unspecified atom stereocenters. The number of alkyl halides is 1. The molecule has 0 aromatic carbocycles. The van der Waals surface area contributed by atoms with Crippen LogP contribution in [-0.4, -0.2) is 16.5 Å². The number of hydrogen-bond donors (Lipinski definition) is 1. The average molecular weight is 423 g/mol. The van der Waals surface area contributed by atoms with E-state index in [0.717, 1.165) is 47.8 Å². The maximum absolute atomic E-state index is 10.2. The Hall–Kier alpha value is 0.180. The van der Waals surface area contributed by atoms with Crippen LogP contribution in [0.3, 0.4) is 0 Å². The van der Waals surface area contributed by atoms with Crippen LogP contribution in [0.2, 0.25) is 0 Å². The van der Waals surface area contributed by atoms with Gasteiger partial charge in [-0.15, -0.1) is 0 Å². The molecule has 26 heavy (non-hydrogen) atoms. The Morgan fingerprint density at radius 2 is 1.96 bits per heavy atom. The predicted molar refractivity (Wildman–Crippen MR) is 113 cm³/mol. The van der Waals surface area contributed by atoms with E-state index in [9.17, 15) is 5.11 Å². The monoisotopic (exact) mass is 422 g/mol. The zero-order valence-electron chi connectivity index (χ0n) is 17.1. The van der Waals surface area contributed by atoms with Crippen molar-refractivity contribution in [1.29, 1.82) is 0 Å². The lowest BCUT2D eigenvalue weighted by Crippen LogP contribution is -2.50. The first kappa shape index (κ1) is 19.5. The lowest BCUT2D eigenvalue weighted by Gasteiger charge is -2.58. The van der Waals surface area contributed by atoms with Gasteiger partial charge in [-0.1, -0.05) is 48.4 Å². The van der Waals surface area contributed by atoms with E-state index >= 15 is 0 Å². The van der Waals surface area contributed by atoms with Gasteiger partial charge in [0.1, 0.15) is 0 Å². The van der Waals surface area contributed by atoms with Crippen LogP contribution in [0.25, 0.3) is 0 Å². The third kappa shape index (κ3) is 2.97. The Bertz CT molecular complexity index is 556. The van der Waals surface area contributed by atoms with Gasteiger partial charge in [-0.3, -0.25) is 0 Å². The van der Waals surface area contributed by atoms with Crippen molar-refractivity contribution in [2.45, 2.75) is 91.1 Å².